The summed E-state index contributed by atoms with van der Waals surface area (Å²) in [5, 5.41) is 8.76. The lowest BCUT2D eigenvalue weighted by Crippen LogP contribution is -2.43. The number of benzene rings is 1. The standard InChI is InChI=1S/C21H21FN4O4S2/c1-14-19(18(30-25-14)9-8-15-5-2-3-7-17(15)22)32(28,29)26-11-4-6-16(13-26)20(27)24-21-23-10-12-31-21/h2-3,5,7-10,12,16H,4,6,11,13H2,1H3,(H,23,24,27). The number of anilines is 1. The molecule has 1 N–H and O–H groups in total. The third-order valence-corrected chi connectivity index (χ3v) is 7.88. The summed E-state index contributed by atoms with van der Waals surface area (Å²) in [4.78, 5) is 16.6. The van der Waals surface area contributed by atoms with E-state index in [9.17, 15) is 17.6 Å². The molecule has 1 amide bonds. The molecule has 8 nitrogen and oxygen atoms in total. The van der Waals surface area contributed by atoms with Crippen LogP contribution in [-0.2, 0) is 14.8 Å². The second-order valence-corrected chi connectivity index (χ2v) is 10.1. The third-order valence-electron chi connectivity index (χ3n) is 5.17. The molecule has 3 aromatic rings. The number of halogens is 1. The first kappa shape index (κ1) is 22.3. The highest BCUT2D eigenvalue weighted by molar-refractivity contribution is 7.89. The van der Waals surface area contributed by atoms with E-state index in [1.807, 2.05) is 0 Å². The van der Waals surface area contributed by atoms with E-state index in [0.29, 0.717) is 23.5 Å². The van der Waals surface area contributed by atoms with Gasteiger partial charge in [0.2, 0.25) is 15.9 Å². The summed E-state index contributed by atoms with van der Waals surface area (Å²) in [6, 6.07) is 6.13. The minimum atomic E-state index is -3.98. The number of sulfonamides is 1. The van der Waals surface area contributed by atoms with Gasteiger partial charge < -0.3 is 9.84 Å². The Labute approximate surface area is 188 Å². The number of nitrogens with one attached hydrogen (secondary N) is 1. The summed E-state index contributed by atoms with van der Waals surface area (Å²) in [6.07, 6.45) is 5.53. The van der Waals surface area contributed by atoms with Gasteiger partial charge in [-0.2, -0.15) is 4.31 Å². The Morgan fingerprint density at radius 1 is 1.34 bits per heavy atom. The highest BCUT2D eigenvalue weighted by atomic mass is 32.2. The van der Waals surface area contributed by atoms with Crippen LogP contribution in [0.15, 0.2) is 45.3 Å². The fraction of sp³-hybridized carbons (Fsp3) is 0.286. The number of carbonyl (C=O) groups excluding carboxylic acids is 1. The lowest BCUT2D eigenvalue weighted by Gasteiger charge is -2.30. The van der Waals surface area contributed by atoms with Crippen LogP contribution >= 0.6 is 11.3 Å². The van der Waals surface area contributed by atoms with Crippen molar-refractivity contribution in [2.45, 2.75) is 24.7 Å². The van der Waals surface area contributed by atoms with E-state index in [4.69, 9.17) is 4.52 Å². The highest BCUT2D eigenvalue weighted by Gasteiger charge is 2.37. The number of carbonyl (C=O) groups is 1. The number of aromatic nitrogens is 2. The van der Waals surface area contributed by atoms with Gasteiger partial charge >= 0.3 is 0 Å². The Balaban J connectivity index is 1.56. The van der Waals surface area contributed by atoms with Gasteiger partial charge in [-0.1, -0.05) is 23.4 Å². The van der Waals surface area contributed by atoms with Gasteiger partial charge in [0.15, 0.2) is 15.8 Å². The second kappa shape index (κ2) is 9.31. The van der Waals surface area contributed by atoms with Crippen molar-refractivity contribution in [1.82, 2.24) is 14.4 Å². The molecule has 1 aliphatic heterocycles. The molecule has 32 heavy (non-hydrogen) atoms. The van der Waals surface area contributed by atoms with E-state index < -0.39 is 21.8 Å². The molecule has 1 saturated heterocycles. The van der Waals surface area contributed by atoms with Crippen molar-refractivity contribution in [2.75, 3.05) is 18.4 Å². The second-order valence-electron chi connectivity index (χ2n) is 7.34. The number of amides is 1. The molecule has 1 unspecified atom stereocenters. The van der Waals surface area contributed by atoms with Crippen LogP contribution in [0, 0.1) is 18.7 Å². The van der Waals surface area contributed by atoms with E-state index in [1.165, 1.54) is 40.8 Å². The van der Waals surface area contributed by atoms with Gasteiger partial charge in [-0.25, -0.2) is 17.8 Å². The molecule has 1 fully saturated rings. The number of aryl methyl sites for hydroxylation is 1. The summed E-state index contributed by atoms with van der Waals surface area (Å²) in [7, 11) is -3.98. The first-order chi connectivity index (χ1) is 15.4. The molecule has 0 aliphatic carbocycles. The van der Waals surface area contributed by atoms with Gasteiger partial charge in [0.1, 0.15) is 11.5 Å². The number of thiazole rings is 1. The molecular formula is C21H21FN4O4S2. The molecule has 4 rings (SSSR count). The SMILES string of the molecule is Cc1noc(C=Cc2ccccc2F)c1S(=O)(=O)N1CCCC(C(=O)Nc2nccs2)C1. The molecular weight excluding hydrogens is 455 g/mol. The molecule has 11 heteroatoms. The maximum Gasteiger partial charge on any atom is 0.248 e. The zero-order valence-corrected chi connectivity index (χ0v) is 18.8. The largest absolute Gasteiger partial charge is 0.355 e. The average molecular weight is 477 g/mol. The third kappa shape index (κ3) is 4.64. The summed E-state index contributed by atoms with van der Waals surface area (Å²) >= 11 is 1.30. The fourth-order valence-corrected chi connectivity index (χ4v) is 5.88. The van der Waals surface area contributed by atoms with Crippen LogP contribution in [0.25, 0.3) is 12.2 Å². The van der Waals surface area contributed by atoms with Gasteiger partial charge in [0.05, 0.1) is 5.92 Å². The van der Waals surface area contributed by atoms with Crippen LogP contribution < -0.4 is 5.32 Å². The first-order valence-electron chi connectivity index (χ1n) is 9.95. The molecule has 0 bridgehead atoms. The Hall–Kier alpha value is -2.89. The number of hydrogen-bond donors (Lipinski definition) is 1. The predicted octanol–water partition coefficient (Wildman–Crippen LogP) is 3.79. The summed E-state index contributed by atoms with van der Waals surface area (Å²) < 4.78 is 47.3. The van der Waals surface area contributed by atoms with Crippen LogP contribution in [-0.4, -0.2) is 41.9 Å². The topological polar surface area (TPSA) is 105 Å². The van der Waals surface area contributed by atoms with Crippen LogP contribution in [0.2, 0.25) is 0 Å². The molecule has 3 heterocycles. The monoisotopic (exact) mass is 476 g/mol. The van der Waals surface area contributed by atoms with Crippen molar-refractivity contribution >= 4 is 44.6 Å². The van der Waals surface area contributed by atoms with Gasteiger partial charge in [-0.05, 0) is 38.0 Å². The number of hydrogen-bond acceptors (Lipinski definition) is 7. The molecule has 1 atom stereocenters. The van der Waals surface area contributed by atoms with Crippen molar-refractivity contribution in [3.63, 3.8) is 0 Å². The maximum atomic E-state index is 13.9. The minimum absolute atomic E-state index is 0.0140. The van der Waals surface area contributed by atoms with Crippen LogP contribution in [0.3, 0.4) is 0 Å². The van der Waals surface area contributed by atoms with Crippen LogP contribution in [0.1, 0.15) is 29.9 Å². The fourth-order valence-electron chi connectivity index (χ4n) is 3.57. The molecule has 1 aliphatic rings. The molecule has 0 spiro atoms. The van der Waals surface area contributed by atoms with Gasteiger partial charge in [0, 0.05) is 30.2 Å². The smallest absolute Gasteiger partial charge is 0.248 e. The van der Waals surface area contributed by atoms with Gasteiger partial charge in [0.25, 0.3) is 0 Å². The quantitative estimate of drug-likeness (QED) is 0.580. The molecule has 1 aromatic carbocycles. The normalized spacial score (nSPS) is 17.6. The van der Waals surface area contributed by atoms with Crippen molar-refractivity contribution in [2.24, 2.45) is 5.92 Å². The van der Waals surface area contributed by atoms with E-state index in [2.05, 4.69) is 15.5 Å². The average Bonchev–Trinajstić information content (AvgIpc) is 3.43. The van der Waals surface area contributed by atoms with E-state index in [1.54, 1.807) is 29.8 Å². The summed E-state index contributed by atoms with van der Waals surface area (Å²) in [5.74, 6) is -1.18. The van der Waals surface area contributed by atoms with Gasteiger partial charge in [-0.3, -0.25) is 4.79 Å². The Morgan fingerprint density at radius 3 is 2.91 bits per heavy atom. The number of nitrogens with zero attached hydrogens (tertiary/aromatic N) is 3. The van der Waals surface area contributed by atoms with E-state index in [0.717, 1.165) is 0 Å². The summed E-state index contributed by atoms with van der Waals surface area (Å²) in [5.41, 5.74) is 0.495. The highest BCUT2D eigenvalue weighted by Crippen LogP contribution is 2.30. The zero-order valence-electron chi connectivity index (χ0n) is 17.2. The predicted molar refractivity (Wildman–Crippen MR) is 119 cm³/mol. The summed E-state index contributed by atoms with van der Waals surface area (Å²) in [6.45, 7) is 1.86. The zero-order chi connectivity index (χ0) is 22.7. The lowest BCUT2D eigenvalue weighted by molar-refractivity contribution is -0.120. The molecule has 0 saturated carbocycles. The van der Waals surface area contributed by atoms with Crippen LogP contribution in [0.5, 0.6) is 0 Å². The molecule has 168 valence electrons. The number of piperidine rings is 1. The van der Waals surface area contributed by atoms with Crippen molar-refractivity contribution in [3.8, 4) is 0 Å². The first-order valence-corrected chi connectivity index (χ1v) is 12.3. The van der Waals surface area contributed by atoms with E-state index >= 15 is 0 Å². The van der Waals surface area contributed by atoms with Crippen molar-refractivity contribution in [3.05, 3.63) is 58.7 Å². The molecule has 2 aromatic heterocycles. The van der Waals surface area contributed by atoms with Gasteiger partial charge in [-0.15, -0.1) is 11.3 Å². The lowest BCUT2D eigenvalue weighted by atomic mass is 9.99. The maximum absolute atomic E-state index is 13.9. The minimum Gasteiger partial charge on any atom is -0.355 e. The Kier molecular flexibility index (Phi) is 6.49. The molecule has 0 radical (unpaired) electrons. The van der Waals surface area contributed by atoms with Crippen LogP contribution in [0.4, 0.5) is 9.52 Å². The van der Waals surface area contributed by atoms with Crippen molar-refractivity contribution in [1.29, 1.82) is 0 Å². The Bertz CT molecular complexity index is 1240. The number of rotatable bonds is 6. The van der Waals surface area contributed by atoms with Crippen molar-refractivity contribution < 1.29 is 22.1 Å². The Morgan fingerprint density at radius 2 is 2.16 bits per heavy atom. The van der Waals surface area contributed by atoms with E-state index in [-0.39, 0.29) is 35.3 Å².